The lowest BCUT2D eigenvalue weighted by molar-refractivity contribution is -0.137. The van der Waals surface area contributed by atoms with Gasteiger partial charge in [-0.25, -0.2) is 0 Å². The molecule has 6 nitrogen and oxygen atoms in total. The average Bonchev–Trinajstić information content (AvgIpc) is 2.96. The molecule has 0 amide bonds. The second-order valence-electron chi connectivity index (χ2n) is 5.53. The molecule has 1 heterocycles. The number of benzene rings is 2. The maximum absolute atomic E-state index is 12.8. The fraction of sp³-hybridized carbons (Fsp3) is 0.0588. The van der Waals surface area contributed by atoms with Gasteiger partial charge in [-0.2, -0.15) is 28.1 Å². The zero-order valence-electron chi connectivity index (χ0n) is 13.9. The van der Waals surface area contributed by atoms with Crippen molar-refractivity contribution in [1.82, 2.24) is 9.78 Å². The molecule has 0 aliphatic heterocycles. The van der Waals surface area contributed by atoms with Crippen molar-refractivity contribution < 1.29 is 18.3 Å². The highest BCUT2D eigenvalue weighted by Gasteiger charge is 2.30. The van der Waals surface area contributed by atoms with Crippen LogP contribution in [-0.4, -0.2) is 20.0 Å². The lowest BCUT2D eigenvalue weighted by atomic mass is 10.1. The Hall–Kier alpha value is -2.98. The predicted molar refractivity (Wildman–Crippen MR) is 102 cm³/mol. The number of aromatic nitrogens is 2. The Morgan fingerprint density at radius 2 is 1.82 bits per heavy atom. The van der Waals surface area contributed by atoms with Gasteiger partial charge in [0, 0.05) is 10.6 Å². The molecule has 0 radical (unpaired) electrons. The van der Waals surface area contributed by atoms with E-state index in [0.717, 1.165) is 16.8 Å². The third-order valence-corrected chi connectivity index (χ3v) is 4.01. The second kappa shape index (κ2) is 7.56. The Labute approximate surface area is 167 Å². The quantitative estimate of drug-likeness (QED) is 0.432. The minimum atomic E-state index is -4.48. The van der Waals surface area contributed by atoms with E-state index in [0.29, 0.717) is 10.7 Å². The summed E-state index contributed by atoms with van der Waals surface area (Å²) in [7, 11) is 0. The lowest BCUT2D eigenvalue weighted by Gasteiger charge is -2.06. The van der Waals surface area contributed by atoms with E-state index in [1.807, 2.05) is 0 Å². The van der Waals surface area contributed by atoms with Gasteiger partial charge in [0.1, 0.15) is 5.69 Å². The number of halogens is 4. The summed E-state index contributed by atoms with van der Waals surface area (Å²) < 4.78 is 39.2. The summed E-state index contributed by atoms with van der Waals surface area (Å²) in [5.41, 5.74) is 5.31. The molecule has 0 aliphatic rings. The van der Waals surface area contributed by atoms with E-state index in [4.69, 9.17) is 29.6 Å². The van der Waals surface area contributed by atoms with Crippen molar-refractivity contribution in [3.8, 4) is 17.1 Å². The summed E-state index contributed by atoms with van der Waals surface area (Å²) in [6.45, 7) is 0. The van der Waals surface area contributed by atoms with Crippen LogP contribution in [0.5, 0.6) is 5.88 Å². The summed E-state index contributed by atoms with van der Waals surface area (Å²) in [4.78, 5) is 0. The van der Waals surface area contributed by atoms with Crippen molar-refractivity contribution in [1.29, 1.82) is 0 Å². The van der Waals surface area contributed by atoms with E-state index in [9.17, 15) is 18.3 Å². The first-order chi connectivity index (χ1) is 13.2. The van der Waals surface area contributed by atoms with E-state index < -0.39 is 17.6 Å². The monoisotopic (exact) mass is 425 g/mol. The third-order valence-electron chi connectivity index (χ3n) is 3.60. The Balaban J connectivity index is 2.08. The van der Waals surface area contributed by atoms with Crippen LogP contribution < -0.4 is 5.73 Å². The lowest BCUT2D eigenvalue weighted by Crippen LogP contribution is -2.19. The number of alkyl halides is 3. The summed E-state index contributed by atoms with van der Waals surface area (Å²) in [6, 6.07) is 10.7. The van der Waals surface area contributed by atoms with Crippen molar-refractivity contribution in [2.45, 2.75) is 6.18 Å². The molecule has 2 aromatic carbocycles. The highest BCUT2D eigenvalue weighted by Crippen LogP contribution is 2.39. The number of hydrogen-bond donors (Lipinski definition) is 2. The highest BCUT2D eigenvalue weighted by molar-refractivity contribution is 7.80. The number of thiocarbonyl (C=S) groups is 1. The van der Waals surface area contributed by atoms with Crippen LogP contribution in [0.2, 0.25) is 5.02 Å². The van der Waals surface area contributed by atoms with E-state index >= 15 is 0 Å². The number of rotatable bonds is 3. The van der Waals surface area contributed by atoms with Gasteiger partial charge in [-0.1, -0.05) is 29.8 Å². The molecule has 0 saturated heterocycles. The number of hydrogen-bond acceptors (Lipinski definition) is 5. The number of azo groups is 1. The van der Waals surface area contributed by atoms with Gasteiger partial charge in [0.25, 0.3) is 0 Å². The van der Waals surface area contributed by atoms with Crippen LogP contribution in [-0.2, 0) is 6.18 Å². The zero-order chi connectivity index (χ0) is 20.5. The molecule has 0 spiro atoms. The smallest absolute Gasteiger partial charge is 0.416 e. The molecule has 0 bridgehead atoms. The van der Waals surface area contributed by atoms with Crippen LogP contribution in [0.1, 0.15) is 5.56 Å². The first kappa shape index (κ1) is 19.8. The van der Waals surface area contributed by atoms with Gasteiger partial charge in [0.15, 0.2) is 10.8 Å². The first-order valence-electron chi connectivity index (χ1n) is 7.63. The van der Waals surface area contributed by atoms with Gasteiger partial charge in [0.2, 0.25) is 5.88 Å². The summed E-state index contributed by atoms with van der Waals surface area (Å²) in [6.07, 6.45) is -4.48. The van der Waals surface area contributed by atoms with Crippen molar-refractivity contribution in [2.24, 2.45) is 16.0 Å². The van der Waals surface area contributed by atoms with Gasteiger partial charge in [0.05, 0.1) is 11.3 Å². The molecule has 144 valence electrons. The largest absolute Gasteiger partial charge is 0.492 e. The molecule has 0 unspecified atom stereocenters. The van der Waals surface area contributed by atoms with E-state index in [2.05, 4.69) is 15.3 Å². The summed E-state index contributed by atoms with van der Waals surface area (Å²) >= 11 is 10.7. The van der Waals surface area contributed by atoms with Crippen molar-refractivity contribution in [3.05, 3.63) is 59.1 Å². The number of aromatic hydroxyl groups is 1. The standard InChI is InChI=1S/C17H11ClF3N5OS/c18-11-2-1-3-12(8-11)23-24-14-13(25-26(15(14)27)16(22)28)9-4-6-10(7-5-9)17(19,20)21/h1-8,27H,(H2,22,28)/b24-23+. The summed E-state index contributed by atoms with van der Waals surface area (Å²) in [5, 5.41) is 22.5. The van der Waals surface area contributed by atoms with Gasteiger partial charge in [-0.15, -0.1) is 5.11 Å². The van der Waals surface area contributed by atoms with Crippen LogP contribution in [0.25, 0.3) is 11.3 Å². The highest BCUT2D eigenvalue weighted by atomic mass is 35.5. The predicted octanol–water partition coefficient (Wildman–Crippen LogP) is 5.44. The fourth-order valence-corrected chi connectivity index (χ4v) is 2.62. The molecule has 3 rings (SSSR count). The van der Waals surface area contributed by atoms with Crippen LogP contribution in [0.15, 0.2) is 58.8 Å². The Morgan fingerprint density at radius 3 is 2.39 bits per heavy atom. The molecule has 0 saturated carbocycles. The molecule has 1 aromatic heterocycles. The van der Waals surface area contributed by atoms with E-state index in [-0.39, 0.29) is 22.1 Å². The molecule has 0 atom stereocenters. The van der Waals surface area contributed by atoms with Crippen LogP contribution in [0.3, 0.4) is 0 Å². The Morgan fingerprint density at radius 1 is 1.14 bits per heavy atom. The zero-order valence-corrected chi connectivity index (χ0v) is 15.4. The van der Waals surface area contributed by atoms with Crippen molar-refractivity contribution in [2.75, 3.05) is 0 Å². The minimum Gasteiger partial charge on any atom is -0.492 e. The number of nitrogens with two attached hydrogens (primary N) is 1. The fourth-order valence-electron chi connectivity index (χ4n) is 2.30. The second-order valence-corrected chi connectivity index (χ2v) is 6.38. The van der Waals surface area contributed by atoms with Crippen LogP contribution in [0, 0.1) is 0 Å². The molecule has 28 heavy (non-hydrogen) atoms. The molecule has 0 fully saturated rings. The average molecular weight is 426 g/mol. The van der Waals surface area contributed by atoms with Gasteiger partial charge in [-0.05, 0) is 42.5 Å². The normalized spacial score (nSPS) is 11.9. The number of nitrogens with zero attached hydrogens (tertiary/aromatic N) is 4. The SMILES string of the molecule is NC(=S)n1nc(-c2ccc(C(F)(F)F)cc2)c(/N=N/c2cccc(Cl)c2)c1O. The molecule has 11 heteroatoms. The molecule has 3 N–H and O–H groups in total. The maximum Gasteiger partial charge on any atom is 0.416 e. The molecular formula is C17H11ClF3N5OS. The third kappa shape index (κ3) is 4.12. The van der Waals surface area contributed by atoms with Gasteiger partial charge < -0.3 is 10.8 Å². The summed E-state index contributed by atoms with van der Waals surface area (Å²) in [5.74, 6) is -0.492. The molecular weight excluding hydrogens is 415 g/mol. The molecule has 0 aliphatic carbocycles. The van der Waals surface area contributed by atoms with Crippen molar-refractivity contribution >= 4 is 40.3 Å². The Kier molecular flexibility index (Phi) is 5.34. The van der Waals surface area contributed by atoms with Gasteiger partial charge in [-0.3, -0.25) is 0 Å². The van der Waals surface area contributed by atoms with Crippen molar-refractivity contribution in [3.63, 3.8) is 0 Å². The topological polar surface area (TPSA) is 88.8 Å². The van der Waals surface area contributed by atoms with Crippen LogP contribution in [0.4, 0.5) is 24.5 Å². The first-order valence-corrected chi connectivity index (χ1v) is 8.42. The Bertz CT molecular complexity index is 1060. The van der Waals surface area contributed by atoms with E-state index in [1.54, 1.807) is 18.2 Å². The maximum atomic E-state index is 12.8. The van der Waals surface area contributed by atoms with Gasteiger partial charge >= 0.3 is 6.18 Å². The molecule has 3 aromatic rings. The van der Waals surface area contributed by atoms with Crippen LogP contribution >= 0.6 is 23.8 Å². The van der Waals surface area contributed by atoms with E-state index in [1.165, 1.54) is 18.2 Å². The minimum absolute atomic E-state index is 0.0600.